The number of fused-ring (bicyclic) bond motifs is 1. The Hall–Kier alpha value is -3.60. The lowest BCUT2D eigenvalue weighted by molar-refractivity contribution is 0.0987. The summed E-state index contributed by atoms with van der Waals surface area (Å²) in [7, 11) is 1.57. The lowest BCUT2D eigenvalue weighted by Crippen LogP contribution is -2.28. The zero-order chi connectivity index (χ0) is 19.5. The normalized spacial score (nSPS) is 12.4. The van der Waals surface area contributed by atoms with Crippen LogP contribution in [0.15, 0.2) is 72.8 Å². The van der Waals surface area contributed by atoms with E-state index in [-0.39, 0.29) is 11.8 Å². The fourth-order valence-corrected chi connectivity index (χ4v) is 3.39. The van der Waals surface area contributed by atoms with Gasteiger partial charge in [-0.05, 0) is 60.5 Å². The van der Waals surface area contributed by atoms with Gasteiger partial charge >= 0.3 is 0 Å². The van der Waals surface area contributed by atoms with E-state index in [9.17, 15) is 9.59 Å². The zero-order valence-electron chi connectivity index (χ0n) is 15.5. The topological polar surface area (TPSA) is 58.6 Å². The molecule has 4 rings (SSSR count). The number of methoxy groups -OCH3 is 1. The second-order valence-electron chi connectivity index (χ2n) is 6.60. The van der Waals surface area contributed by atoms with Crippen molar-refractivity contribution in [1.29, 1.82) is 0 Å². The maximum absolute atomic E-state index is 12.8. The van der Waals surface area contributed by atoms with Gasteiger partial charge in [0.1, 0.15) is 5.75 Å². The number of hydrogen-bond donors (Lipinski definition) is 1. The Labute approximate surface area is 163 Å². The van der Waals surface area contributed by atoms with Gasteiger partial charge in [-0.3, -0.25) is 9.59 Å². The molecule has 0 saturated heterocycles. The summed E-state index contributed by atoms with van der Waals surface area (Å²) >= 11 is 0. The molecule has 140 valence electrons. The average Bonchev–Trinajstić information content (AvgIpc) is 3.17. The lowest BCUT2D eigenvalue weighted by atomic mass is 10.1. The summed E-state index contributed by atoms with van der Waals surface area (Å²) in [4.78, 5) is 27.1. The highest BCUT2D eigenvalue weighted by Gasteiger charge is 2.25. The van der Waals surface area contributed by atoms with Gasteiger partial charge in [-0.2, -0.15) is 0 Å². The molecule has 0 bridgehead atoms. The first-order chi connectivity index (χ1) is 13.7. The van der Waals surface area contributed by atoms with Gasteiger partial charge in [0, 0.05) is 29.0 Å². The minimum atomic E-state index is -0.200. The number of carbonyl (C=O) groups is 2. The molecular formula is C23H20N2O3. The van der Waals surface area contributed by atoms with Gasteiger partial charge in [-0.25, -0.2) is 0 Å². The molecule has 0 aromatic heterocycles. The Morgan fingerprint density at radius 1 is 0.929 bits per heavy atom. The molecule has 3 aromatic rings. The summed E-state index contributed by atoms with van der Waals surface area (Å²) in [5, 5.41) is 2.92. The van der Waals surface area contributed by atoms with E-state index in [1.54, 1.807) is 36.3 Å². The molecule has 0 radical (unpaired) electrons. The number of amides is 2. The van der Waals surface area contributed by atoms with Crippen LogP contribution in [0.5, 0.6) is 5.75 Å². The van der Waals surface area contributed by atoms with Crippen LogP contribution in [0.2, 0.25) is 0 Å². The first kappa shape index (κ1) is 17.8. The maximum Gasteiger partial charge on any atom is 0.258 e. The van der Waals surface area contributed by atoms with Crippen molar-refractivity contribution < 1.29 is 14.3 Å². The number of ether oxygens (including phenoxy) is 1. The molecule has 2 amide bonds. The molecule has 0 spiro atoms. The zero-order valence-corrected chi connectivity index (χ0v) is 15.5. The number of nitrogens with zero attached hydrogens (tertiary/aromatic N) is 1. The van der Waals surface area contributed by atoms with Gasteiger partial charge in [0.15, 0.2) is 0 Å². The fourth-order valence-electron chi connectivity index (χ4n) is 3.39. The molecule has 5 nitrogen and oxygen atoms in total. The van der Waals surface area contributed by atoms with Gasteiger partial charge in [0.05, 0.1) is 7.11 Å². The Bertz CT molecular complexity index is 1030. The molecule has 0 aliphatic carbocycles. The minimum absolute atomic E-state index is 0.00693. The number of anilines is 2. The largest absolute Gasteiger partial charge is 0.497 e. The van der Waals surface area contributed by atoms with Gasteiger partial charge in [0.25, 0.3) is 11.8 Å². The first-order valence-corrected chi connectivity index (χ1v) is 9.11. The molecule has 0 fully saturated rings. The van der Waals surface area contributed by atoms with E-state index in [0.717, 1.165) is 17.7 Å². The number of hydrogen-bond acceptors (Lipinski definition) is 3. The van der Waals surface area contributed by atoms with E-state index >= 15 is 0 Å². The van der Waals surface area contributed by atoms with Crippen molar-refractivity contribution in [2.24, 2.45) is 0 Å². The molecule has 0 unspecified atom stereocenters. The Kier molecular flexibility index (Phi) is 4.81. The summed E-state index contributed by atoms with van der Waals surface area (Å²) in [6.07, 6.45) is 0.761. The van der Waals surface area contributed by atoms with Crippen molar-refractivity contribution in [3.63, 3.8) is 0 Å². The van der Waals surface area contributed by atoms with Crippen molar-refractivity contribution in [2.75, 3.05) is 23.9 Å². The predicted octanol–water partition coefficient (Wildman–Crippen LogP) is 4.15. The average molecular weight is 372 g/mol. The van der Waals surface area contributed by atoms with Crippen molar-refractivity contribution in [3.05, 3.63) is 89.5 Å². The van der Waals surface area contributed by atoms with E-state index in [0.29, 0.717) is 29.1 Å². The van der Waals surface area contributed by atoms with Crippen LogP contribution in [0, 0.1) is 0 Å². The second-order valence-corrected chi connectivity index (χ2v) is 6.60. The number of carbonyl (C=O) groups excluding carboxylic acids is 2. The van der Waals surface area contributed by atoms with Crippen LogP contribution in [-0.4, -0.2) is 25.5 Å². The smallest absolute Gasteiger partial charge is 0.258 e. The second kappa shape index (κ2) is 7.56. The van der Waals surface area contributed by atoms with Crippen molar-refractivity contribution in [2.45, 2.75) is 6.42 Å². The molecule has 1 aliphatic heterocycles. The predicted molar refractivity (Wildman–Crippen MR) is 109 cm³/mol. The molecule has 0 atom stereocenters. The van der Waals surface area contributed by atoms with E-state index in [1.807, 2.05) is 48.5 Å². The van der Waals surface area contributed by atoms with E-state index in [4.69, 9.17) is 4.74 Å². The Morgan fingerprint density at radius 3 is 2.50 bits per heavy atom. The van der Waals surface area contributed by atoms with Gasteiger partial charge in [0.2, 0.25) is 0 Å². The molecular weight excluding hydrogens is 352 g/mol. The van der Waals surface area contributed by atoms with Crippen LogP contribution in [0.4, 0.5) is 11.4 Å². The highest BCUT2D eigenvalue weighted by atomic mass is 16.5. The molecule has 3 aromatic carbocycles. The Morgan fingerprint density at radius 2 is 1.71 bits per heavy atom. The third-order valence-electron chi connectivity index (χ3n) is 4.83. The van der Waals surface area contributed by atoms with E-state index in [2.05, 4.69) is 5.32 Å². The van der Waals surface area contributed by atoms with Crippen LogP contribution in [0.25, 0.3) is 0 Å². The summed E-state index contributed by atoms with van der Waals surface area (Å²) in [6.45, 7) is 0.635. The van der Waals surface area contributed by atoms with Crippen molar-refractivity contribution in [1.82, 2.24) is 0 Å². The fraction of sp³-hybridized carbons (Fsp3) is 0.130. The number of rotatable bonds is 4. The Balaban J connectivity index is 1.52. The van der Waals surface area contributed by atoms with Gasteiger partial charge < -0.3 is 15.0 Å². The first-order valence-electron chi connectivity index (χ1n) is 9.11. The highest BCUT2D eigenvalue weighted by Crippen LogP contribution is 2.31. The molecule has 0 saturated carbocycles. The van der Waals surface area contributed by atoms with Gasteiger partial charge in [-0.15, -0.1) is 0 Å². The van der Waals surface area contributed by atoms with E-state index in [1.165, 1.54) is 0 Å². The van der Waals surface area contributed by atoms with Crippen LogP contribution in [-0.2, 0) is 6.42 Å². The van der Waals surface area contributed by atoms with Gasteiger partial charge in [-0.1, -0.05) is 24.3 Å². The van der Waals surface area contributed by atoms with Crippen LogP contribution >= 0.6 is 0 Å². The van der Waals surface area contributed by atoms with Crippen LogP contribution in [0.3, 0.4) is 0 Å². The van der Waals surface area contributed by atoms with Crippen molar-refractivity contribution in [3.8, 4) is 5.75 Å². The quantitative estimate of drug-likeness (QED) is 0.748. The summed E-state index contributed by atoms with van der Waals surface area (Å²) in [5.74, 6) is 0.429. The maximum atomic E-state index is 12.8. The number of benzene rings is 3. The SMILES string of the molecule is COc1cccc(C(=O)Nc2ccc3c(c2)CCN3C(=O)c2ccccc2)c1. The monoisotopic (exact) mass is 372 g/mol. The summed E-state index contributed by atoms with van der Waals surface area (Å²) in [6, 6.07) is 21.9. The van der Waals surface area contributed by atoms with Crippen LogP contribution < -0.4 is 15.0 Å². The third kappa shape index (κ3) is 3.47. The molecule has 1 heterocycles. The molecule has 1 aliphatic rings. The lowest BCUT2D eigenvalue weighted by Gasteiger charge is -2.17. The highest BCUT2D eigenvalue weighted by molar-refractivity contribution is 6.08. The van der Waals surface area contributed by atoms with E-state index < -0.39 is 0 Å². The third-order valence-corrected chi connectivity index (χ3v) is 4.83. The van der Waals surface area contributed by atoms with Crippen LogP contribution in [0.1, 0.15) is 26.3 Å². The molecule has 28 heavy (non-hydrogen) atoms. The summed E-state index contributed by atoms with van der Waals surface area (Å²) in [5.41, 5.74) is 3.85. The van der Waals surface area contributed by atoms with Crippen molar-refractivity contribution >= 4 is 23.2 Å². The summed E-state index contributed by atoms with van der Waals surface area (Å²) < 4.78 is 5.17. The molecule has 1 N–H and O–H groups in total. The minimum Gasteiger partial charge on any atom is -0.497 e. The standard InChI is InChI=1S/C23H20N2O3/c1-28-20-9-5-8-18(15-20)22(26)24-19-10-11-21-17(14-19)12-13-25(21)23(27)16-6-3-2-4-7-16/h2-11,14-15H,12-13H2,1H3,(H,24,26). The molecule has 5 heteroatoms. The number of nitrogens with one attached hydrogen (secondary N) is 1.